The molecule has 7 nitrogen and oxygen atoms in total. The third kappa shape index (κ3) is 4.66. The largest absolute Gasteiger partial charge is 0.301 e. The van der Waals surface area contributed by atoms with Crippen molar-refractivity contribution >= 4 is 32.2 Å². The molecule has 136 valence electrons. The first-order valence-electron chi connectivity index (χ1n) is 8.01. The summed E-state index contributed by atoms with van der Waals surface area (Å²) in [6, 6.07) is 8.26. The molecule has 0 aliphatic carbocycles. The number of benzene rings is 1. The standard InChI is InChI=1S/C17H18N4O3S2/c1-21-7-6-14-15(9-21)25-17(19-14)20-16(22)11-26(23,24)10-13-4-2-12(8-18)3-5-13/h2-5H,6-7,9-11H2,1H3,(H,19,20,22). The second-order valence-electron chi connectivity index (χ2n) is 6.27. The number of amides is 1. The van der Waals surface area contributed by atoms with Gasteiger partial charge in [-0.25, -0.2) is 13.4 Å². The third-order valence-corrected chi connectivity index (χ3v) is 6.46. The Labute approximate surface area is 156 Å². The molecule has 26 heavy (non-hydrogen) atoms. The van der Waals surface area contributed by atoms with E-state index in [-0.39, 0.29) is 5.75 Å². The first-order chi connectivity index (χ1) is 12.3. The highest BCUT2D eigenvalue weighted by Crippen LogP contribution is 2.27. The van der Waals surface area contributed by atoms with Crippen molar-refractivity contribution in [3.05, 3.63) is 46.0 Å². The van der Waals surface area contributed by atoms with Gasteiger partial charge in [-0.3, -0.25) is 4.79 Å². The van der Waals surface area contributed by atoms with Gasteiger partial charge in [-0.05, 0) is 24.7 Å². The van der Waals surface area contributed by atoms with Crippen molar-refractivity contribution in [1.82, 2.24) is 9.88 Å². The number of anilines is 1. The number of sulfone groups is 1. The molecule has 2 heterocycles. The van der Waals surface area contributed by atoms with E-state index in [1.165, 1.54) is 11.3 Å². The summed E-state index contributed by atoms with van der Waals surface area (Å²) in [5, 5.41) is 11.8. The van der Waals surface area contributed by atoms with E-state index in [1.54, 1.807) is 24.3 Å². The summed E-state index contributed by atoms with van der Waals surface area (Å²) < 4.78 is 24.5. The van der Waals surface area contributed by atoms with Crippen LogP contribution in [0.2, 0.25) is 0 Å². The van der Waals surface area contributed by atoms with Gasteiger partial charge in [0.2, 0.25) is 5.91 Å². The predicted molar refractivity (Wildman–Crippen MR) is 99.4 cm³/mol. The van der Waals surface area contributed by atoms with Gasteiger partial charge in [0.1, 0.15) is 5.75 Å². The van der Waals surface area contributed by atoms with E-state index >= 15 is 0 Å². The second-order valence-corrected chi connectivity index (χ2v) is 9.41. The van der Waals surface area contributed by atoms with Crippen LogP contribution in [0.5, 0.6) is 0 Å². The number of hydrogen-bond acceptors (Lipinski definition) is 7. The molecule has 0 saturated heterocycles. The van der Waals surface area contributed by atoms with Crippen LogP contribution in [0.4, 0.5) is 5.13 Å². The van der Waals surface area contributed by atoms with Crippen molar-refractivity contribution in [2.24, 2.45) is 0 Å². The number of rotatable bonds is 5. The molecule has 1 amide bonds. The minimum atomic E-state index is -3.61. The van der Waals surface area contributed by atoms with E-state index in [0.29, 0.717) is 16.3 Å². The number of carbonyl (C=O) groups excluding carboxylic acids is 1. The lowest BCUT2D eigenvalue weighted by Gasteiger charge is -2.20. The molecule has 1 aliphatic rings. The SMILES string of the molecule is CN1CCc2nc(NC(=O)CS(=O)(=O)Cc3ccc(C#N)cc3)sc2C1. The molecule has 9 heteroatoms. The van der Waals surface area contributed by atoms with E-state index in [9.17, 15) is 13.2 Å². The molecular formula is C17H18N4O3S2. The molecule has 1 aromatic carbocycles. The predicted octanol–water partition coefficient (Wildman–Crippen LogP) is 1.56. The molecule has 0 bridgehead atoms. The van der Waals surface area contributed by atoms with Crippen LogP contribution in [0.15, 0.2) is 24.3 Å². The number of thiazole rings is 1. The Kier molecular flexibility index (Phi) is 5.36. The summed E-state index contributed by atoms with van der Waals surface area (Å²) in [4.78, 5) is 19.8. The topological polar surface area (TPSA) is 103 Å². The lowest BCUT2D eigenvalue weighted by molar-refractivity contribution is -0.113. The third-order valence-electron chi connectivity index (χ3n) is 3.99. The summed E-state index contributed by atoms with van der Waals surface area (Å²) in [7, 11) is -1.59. The Balaban J connectivity index is 1.60. The normalized spacial score (nSPS) is 14.5. The monoisotopic (exact) mass is 390 g/mol. The number of likely N-dealkylation sites (N-methyl/N-ethyl adjacent to an activating group) is 1. The van der Waals surface area contributed by atoms with Crippen molar-refractivity contribution in [3.63, 3.8) is 0 Å². The second kappa shape index (κ2) is 7.53. The van der Waals surface area contributed by atoms with Crippen LogP contribution in [-0.2, 0) is 33.4 Å². The molecule has 3 rings (SSSR count). The van der Waals surface area contributed by atoms with Gasteiger partial charge in [0.25, 0.3) is 0 Å². The molecule has 0 atom stereocenters. The Morgan fingerprint density at radius 2 is 2.12 bits per heavy atom. The zero-order valence-electron chi connectivity index (χ0n) is 14.2. The van der Waals surface area contributed by atoms with E-state index in [0.717, 1.165) is 30.1 Å². The molecular weight excluding hydrogens is 372 g/mol. The number of carbonyl (C=O) groups is 1. The smallest absolute Gasteiger partial charge is 0.241 e. The van der Waals surface area contributed by atoms with Gasteiger partial charge in [-0.15, -0.1) is 11.3 Å². The van der Waals surface area contributed by atoms with Crippen LogP contribution in [-0.4, -0.2) is 43.6 Å². The van der Waals surface area contributed by atoms with E-state index in [2.05, 4.69) is 15.2 Å². The Hall–Kier alpha value is -2.28. The van der Waals surface area contributed by atoms with Gasteiger partial charge in [-0.2, -0.15) is 5.26 Å². The van der Waals surface area contributed by atoms with Crippen LogP contribution >= 0.6 is 11.3 Å². The fourth-order valence-electron chi connectivity index (χ4n) is 2.71. The highest BCUT2D eigenvalue weighted by atomic mass is 32.2. The lowest BCUT2D eigenvalue weighted by Crippen LogP contribution is -2.25. The average Bonchev–Trinajstić information content (AvgIpc) is 2.95. The van der Waals surface area contributed by atoms with Crippen LogP contribution in [0.1, 0.15) is 21.7 Å². The number of nitrogens with zero attached hydrogens (tertiary/aromatic N) is 3. The molecule has 0 spiro atoms. The van der Waals surface area contributed by atoms with Crippen molar-refractivity contribution in [3.8, 4) is 6.07 Å². The van der Waals surface area contributed by atoms with Gasteiger partial charge >= 0.3 is 0 Å². The summed E-state index contributed by atoms with van der Waals surface area (Å²) in [5.74, 6) is -1.43. The molecule has 1 N–H and O–H groups in total. The van der Waals surface area contributed by atoms with Gasteiger partial charge in [0.05, 0.1) is 23.1 Å². The molecule has 1 aliphatic heterocycles. The van der Waals surface area contributed by atoms with E-state index in [1.807, 2.05) is 13.1 Å². The highest BCUT2D eigenvalue weighted by molar-refractivity contribution is 7.91. The number of nitriles is 1. The maximum absolute atomic E-state index is 12.2. The zero-order valence-corrected chi connectivity index (χ0v) is 15.9. The molecule has 0 unspecified atom stereocenters. The van der Waals surface area contributed by atoms with Crippen molar-refractivity contribution in [2.75, 3.05) is 24.7 Å². The Morgan fingerprint density at radius 1 is 1.38 bits per heavy atom. The molecule has 0 radical (unpaired) electrons. The van der Waals surface area contributed by atoms with Crippen molar-refractivity contribution in [2.45, 2.75) is 18.7 Å². The average molecular weight is 390 g/mol. The van der Waals surface area contributed by atoms with Gasteiger partial charge in [0, 0.05) is 24.4 Å². The van der Waals surface area contributed by atoms with Crippen molar-refractivity contribution in [1.29, 1.82) is 5.26 Å². The van der Waals surface area contributed by atoms with Gasteiger partial charge < -0.3 is 10.2 Å². The van der Waals surface area contributed by atoms with E-state index in [4.69, 9.17) is 5.26 Å². The van der Waals surface area contributed by atoms with Crippen LogP contribution in [0.3, 0.4) is 0 Å². The fraction of sp³-hybridized carbons (Fsp3) is 0.353. The first-order valence-corrected chi connectivity index (χ1v) is 10.6. The van der Waals surface area contributed by atoms with Crippen LogP contribution in [0, 0.1) is 11.3 Å². The maximum atomic E-state index is 12.2. The first kappa shape index (κ1) is 18.5. The van der Waals surface area contributed by atoms with E-state index < -0.39 is 21.5 Å². The summed E-state index contributed by atoms with van der Waals surface area (Å²) in [5.41, 5.74) is 1.98. The highest BCUT2D eigenvalue weighted by Gasteiger charge is 2.21. The number of fused-ring (bicyclic) bond motifs is 1. The molecule has 0 saturated carbocycles. The molecule has 2 aromatic rings. The minimum Gasteiger partial charge on any atom is -0.301 e. The number of nitrogens with one attached hydrogen (secondary N) is 1. The molecule has 1 aromatic heterocycles. The fourth-order valence-corrected chi connectivity index (χ4v) is 5.09. The summed E-state index contributed by atoms with van der Waals surface area (Å²) in [6.07, 6.45) is 0.829. The van der Waals surface area contributed by atoms with Gasteiger partial charge in [-0.1, -0.05) is 12.1 Å². The minimum absolute atomic E-state index is 0.245. The summed E-state index contributed by atoms with van der Waals surface area (Å²) in [6.45, 7) is 1.71. The van der Waals surface area contributed by atoms with Gasteiger partial charge in [0.15, 0.2) is 15.0 Å². The Morgan fingerprint density at radius 3 is 2.81 bits per heavy atom. The quantitative estimate of drug-likeness (QED) is 0.831. The molecule has 0 fully saturated rings. The maximum Gasteiger partial charge on any atom is 0.241 e. The zero-order chi connectivity index (χ0) is 18.7. The lowest BCUT2D eigenvalue weighted by atomic mass is 10.2. The van der Waals surface area contributed by atoms with Crippen LogP contribution < -0.4 is 5.32 Å². The Bertz CT molecular complexity index is 959. The summed E-state index contributed by atoms with van der Waals surface area (Å²) >= 11 is 1.39. The number of aromatic nitrogens is 1. The number of hydrogen-bond donors (Lipinski definition) is 1. The van der Waals surface area contributed by atoms with Crippen molar-refractivity contribution < 1.29 is 13.2 Å². The van der Waals surface area contributed by atoms with Crippen LogP contribution in [0.25, 0.3) is 0 Å².